The number of carbonyl (C=O) groups is 2. The predicted molar refractivity (Wildman–Crippen MR) is 51.4 cm³/mol. The fraction of sp³-hybridized carbons (Fsp3) is 0.750. The van der Waals surface area contributed by atoms with E-state index < -0.39 is 22.9 Å². The van der Waals surface area contributed by atoms with E-state index in [-0.39, 0.29) is 0 Å². The molecule has 0 heterocycles. The standard InChI is InChI=1S/C8H16N4O2/c1-7(2,5(9)13)11-12-8(3,4)6(10)14/h1-4H3,(H2,9,13)(H2,10,14). The molecule has 0 aliphatic carbocycles. The van der Waals surface area contributed by atoms with E-state index in [0.717, 1.165) is 0 Å². The molecule has 0 fully saturated rings. The van der Waals surface area contributed by atoms with E-state index >= 15 is 0 Å². The van der Waals surface area contributed by atoms with E-state index in [4.69, 9.17) is 11.5 Å². The normalized spacial score (nSPS) is 13.1. The monoisotopic (exact) mass is 200 g/mol. The maximum Gasteiger partial charge on any atom is 0.246 e. The minimum atomic E-state index is -1.12. The van der Waals surface area contributed by atoms with Gasteiger partial charge in [-0.3, -0.25) is 9.59 Å². The van der Waals surface area contributed by atoms with Crippen LogP contribution >= 0.6 is 0 Å². The van der Waals surface area contributed by atoms with E-state index in [0.29, 0.717) is 0 Å². The molecule has 0 aromatic carbocycles. The average molecular weight is 200 g/mol. The lowest BCUT2D eigenvalue weighted by Gasteiger charge is -2.17. The van der Waals surface area contributed by atoms with Gasteiger partial charge in [0.1, 0.15) is 0 Å². The van der Waals surface area contributed by atoms with Crippen LogP contribution in [0, 0.1) is 0 Å². The molecule has 2 amide bonds. The molecule has 0 saturated carbocycles. The zero-order chi connectivity index (χ0) is 11.6. The average Bonchev–Trinajstić information content (AvgIpc) is 2.01. The van der Waals surface area contributed by atoms with Crippen LogP contribution in [0.4, 0.5) is 0 Å². The number of hydrogen-bond donors (Lipinski definition) is 2. The van der Waals surface area contributed by atoms with E-state index in [1.165, 1.54) is 27.7 Å². The molecule has 6 heteroatoms. The summed E-state index contributed by atoms with van der Waals surface area (Å²) in [6, 6.07) is 0. The maximum atomic E-state index is 10.9. The van der Waals surface area contributed by atoms with Gasteiger partial charge in [0.05, 0.1) is 0 Å². The summed E-state index contributed by atoms with van der Waals surface area (Å²) >= 11 is 0. The number of nitrogens with two attached hydrogens (primary N) is 2. The largest absolute Gasteiger partial charge is 0.368 e. The molecule has 0 aromatic heterocycles. The number of nitrogens with zero attached hydrogens (tertiary/aromatic N) is 2. The van der Waals surface area contributed by atoms with Gasteiger partial charge in [-0.1, -0.05) is 0 Å². The molecule has 0 bridgehead atoms. The molecule has 0 rings (SSSR count). The summed E-state index contributed by atoms with van der Waals surface area (Å²) in [5.74, 6) is -1.22. The van der Waals surface area contributed by atoms with Crippen molar-refractivity contribution in [2.24, 2.45) is 21.7 Å². The van der Waals surface area contributed by atoms with Gasteiger partial charge in [0.15, 0.2) is 11.1 Å². The Morgan fingerprint density at radius 1 is 0.857 bits per heavy atom. The molecule has 0 aliphatic rings. The molecular formula is C8H16N4O2. The highest BCUT2D eigenvalue weighted by molar-refractivity contribution is 5.84. The summed E-state index contributed by atoms with van der Waals surface area (Å²) < 4.78 is 0. The number of hydrogen-bond acceptors (Lipinski definition) is 4. The van der Waals surface area contributed by atoms with Crippen LogP contribution in [-0.4, -0.2) is 22.9 Å². The van der Waals surface area contributed by atoms with Crippen molar-refractivity contribution >= 4 is 11.8 Å². The smallest absolute Gasteiger partial charge is 0.246 e. The third kappa shape index (κ3) is 3.12. The van der Waals surface area contributed by atoms with Gasteiger partial charge in [0, 0.05) is 0 Å². The second-order valence-corrected chi connectivity index (χ2v) is 4.05. The lowest BCUT2D eigenvalue weighted by molar-refractivity contribution is -0.124. The summed E-state index contributed by atoms with van der Waals surface area (Å²) in [6.07, 6.45) is 0. The maximum absolute atomic E-state index is 10.9. The van der Waals surface area contributed by atoms with Crippen LogP contribution in [-0.2, 0) is 9.59 Å². The number of rotatable bonds is 4. The Morgan fingerprint density at radius 3 is 1.21 bits per heavy atom. The minimum absolute atomic E-state index is 0.610. The Morgan fingerprint density at radius 2 is 1.07 bits per heavy atom. The van der Waals surface area contributed by atoms with Gasteiger partial charge >= 0.3 is 0 Å². The van der Waals surface area contributed by atoms with Crippen molar-refractivity contribution in [1.29, 1.82) is 0 Å². The first-order valence-corrected chi connectivity index (χ1v) is 4.13. The van der Waals surface area contributed by atoms with Crippen molar-refractivity contribution in [3.8, 4) is 0 Å². The fourth-order valence-corrected chi connectivity index (χ4v) is 0.349. The van der Waals surface area contributed by atoms with E-state index in [2.05, 4.69) is 10.2 Å². The molecular weight excluding hydrogens is 184 g/mol. The third-order valence-corrected chi connectivity index (χ3v) is 1.76. The number of primary amides is 2. The van der Waals surface area contributed by atoms with Crippen molar-refractivity contribution in [3.63, 3.8) is 0 Å². The van der Waals surface area contributed by atoms with Gasteiger partial charge in [-0.15, -0.1) is 0 Å². The Labute approximate surface area is 82.7 Å². The first kappa shape index (κ1) is 12.5. The molecule has 0 atom stereocenters. The zero-order valence-corrected chi connectivity index (χ0v) is 8.87. The quantitative estimate of drug-likeness (QED) is 0.621. The Bertz CT molecular complexity index is 253. The zero-order valence-electron chi connectivity index (χ0n) is 8.87. The Hall–Kier alpha value is -1.46. The molecule has 0 aromatic rings. The van der Waals surface area contributed by atoms with Crippen LogP contribution < -0.4 is 11.5 Å². The molecule has 0 saturated heterocycles. The summed E-state index contributed by atoms with van der Waals surface area (Å²) in [6.45, 7) is 6.04. The number of azo groups is 1. The lowest BCUT2D eigenvalue weighted by atomic mass is 10.1. The lowest BCUT2D eigenvalue weighted by Crippen LogP contribution is -2.39. The van der Waals surface area contributed by atoms with Crippen LogP contribution in [0.25, 0.3) is 0 Å². The Kier molecular flexibility index (Phi) is 3.34. The third-order valence-electron chi connectivity index (χ3n) is 1.76. The second kappa shape index (κ2) is 3.73. The topological polar surface area (TPSA) is 111 Å². The van der Waals surface area contributed by atoms with Gasteiger partial charge in [0.25, 0.3) is 0 Å². The van der Waals surface area contributed by atoms with Crippen LogP contribution in [0.2, 0.25) is 0 Å². The molecule has 4 N–H and O–H groups in total. The molecule has 14 heavy (non-hydrogen) atoms. The van der Waals surface area contributed by atoms with Gasteiger partial charge in [0.2, 0.25) is 11.8 Å². The molecule has 0 unspecified atom stereocenters. The van der Waals surface area contributed by atoms with Crippen LogP contribution in [0.1, 0.15) is 27.7 Å². The number of amides is 2. The van der Waals surface area contributed by atoms with Crippen LogP contribution in [0.15, 0.2) is 10.2 Å². The summed E-state index contributed by atoms with van der Waals surface area (Å²) in [4.78, 5) is 21.7. The minimum Gasteiger partial charge on any atom is -0.368 e. The predicted octanol–water partition coefficient (Wildman–Crippen LogP) is -0.0336. The summed E-state index contributed by atoms with van der Waals surface area (Å²) in [5.41, 5.74) is 7.90. The highest BCUT2D eigenvalue weighted by atomic mass is 16.2. The summed E-state index contributed by atoms with van der Waals surface area (Å²) in [7, 11) is 0. The van der Waals surface area contributed by atoms with Crippen molar-refractivity contribution in [2.75, 3.05) is 0 Å². The fourth-order valence-electron chi connectivity index (χ4n) is 0.349. The first-order chi connectivity index (χ1) is 6.09. The van der Waals surface area contributed by atoms with Crippen molar-refractivity contribution in [1.82, 2.24) is 0 Å². The van der Waals surface area contributed by atoms with Gasteiger partial charge < -0.3 is 11.5 Å². The van der Waals surface area contributed by atoms with Gasteiger partial charge in [-0.2, -0.15) is 10.2 Å². The highest BCUT2D eigenvalue weighted by Gasteiger charge is 2.29. The van der Waals surface area contributed by atoms with Gasteiger partial charge in [-0.05, 0) is 27.7 Å². The molecule has 0 spiro atoms. The number of carbonyl (C=O) groups excluding carboxylic acids is 2. The van der Waals surface area contributed by atoms with E-state index in [9.17, 15) is 9.59 Å². The molecule has 0 radical (unpaired) electrons. The SMILES string of the molecule is CC(C)(N=NC(C)(C)C(N)=O)C(N)=O. The van der Waals surface area contributed by atoms with Crippen molar-refractivity contribution in [2.45, 2.75) is 38.8 Å². The van der Waals surface area contributed by atoms with Crippen LogP contribution in [0.5, 0.6) is 0 Å². The molecule has 80 valence electrons. The van der Waals surface area contributed by atoms with Crippen molar-refractivity contribution < 1.29 is 9.59 Å². The first-order valence-electron chi connectivity index (χ1n) is 4.13. The van der Waals surface area contributed by atoms with E-state index in [1.807, 2.05) is 0 Å². The molecule has 6 nitrogen and oxygen atoms in total. The Balaban J connectivity index is 4.76. The van der Waals surface area contributed by atoms with Crippen molar-refractivity contribution in [3.05, 3.63) is 0 Å². The highest BCUT2D eigenvalue weighted by Crippen LogP contribution is 2.14. The summed E-state index contributed by atoms with van der Waals surface area (Å²) in [5, 5.41) is 7.40. The van der Waals surface area contributed by atoms with Gasteiger partial charge in [-0.25, -0.2) is 0 Å². The van der Waals surface area contributed by atoms with E-state index in [1.54, 1.807) is 0 Å². The van der Waals surface area contributed by atoms with Crippen LogP contribution in [0.3, 0.4) is 0 Å². The second-order valence-electron chi connectivity index (χ2n) is 4.05. The molecule has 0 aliphatic heterocycles.